The van der Waals surface area contributed by atoms with E-state index in [0.717, 1.165) is 6.42 Å². The number of ether oxygens (including phenoxy) is 1. The van der Waals surface area contributed by atoms with Crippen LogP contribution in [-0.4, -0.2) is 22.6 Å². The number of hydrogen-bond donors (Lipinski definition) is 2. The molecule has 0 radical (unpaired) electrons. The van der Waals surface area contributed by atoms with Crippen LogP contribution >= 0.6 is 0 Å². The summed E-state index contributed by atoms with van der Waals surface area (Å²) in [5, 5.41) is 11.4. The zero-order valence-corrected chi connectivity index (χ0v) is 9.55. The highest BCUT2D eigenvalue weighted by Crippen LogP contribution is 2.09. The molecule has 0 aliphatic rings. The van der Waals surface area contributed by atoms with Crippen LogP contribution in [0.15, 0.2) is 23.5 Å². The van der Waals surface area contributed by atoms with Crippen LogP contribution in [0.5, 0.6) is 5.88 Å². The fourth-order valence-corrected chi connectivity index (χ4v) is 1.07. The lowest BCUT2D eigenvalue weighted by molar-refractivity contribution is 0.279. The highest BCUT2D eigenvalue weighted by Gasteiger charge is 2.01. The van der Waals surface area contributed by atoms with Gasteiger partial charge in [-0.1, -0.05) is 19.0 Å². The summed E-state index contributed by atoms with van der Waals surface area (Å²) in [7, 11) is 0. The first-order valence-electron chi connectivity index (χ1n) is 5.20. The molecule has 0 fully saturated rings. The van der Waals surface area contributed by atoms with Crippen molar-refractivity contribution in [2.75, 3.05) is 6.61 Å². The molecule has 88 valence electrons. The second-order valence-electron chi connectivity index (χ2n) is 3.90. The van der Waals surface area contributed by atoms with Gasteiger partial charge in [-0.2, -0.15) is 0 Å². The lowest BCUT2D eigenvalue weighted by atomic mass is 10.1. The van der Waals surface area contributed by atoms with E-state index in [0.29, 0.717) is 24.0 Å². The number of pyridine rings is 1. The van der Waals surface area contributed by atoms with Crippen molar-refractivity contribution in [1.82, 2.24) is 4.98 Å². The Labute approximate surface area is 94.9 Å². The van der Waals surface area contributed by atoms with Crippen LogP contribution in [-0.2, 0) is 0 Å². The van der Waals surface area contributed by atoms with E-state index in [1.807, 2.05) is 0 Å². The van der Waals surface area contributed by atoms with Crippen molar-refractivity contribution in [3.05, 3.63) is 23.9 Å². The summed E-state index contributed by atoms with van der Waals surface area (Å²) in [4.78, 5) is 4.05. The largest absolute Gasteiger partial charge is 0.478 e. The van der Waals surface area contributed by atoms with Crippen molar-refractivity contribution < 1.29 is 9.94 Å². The van der Waals surface area contributed by atoms with Gasteiger partial charge in [0.15, 0.2) is 5.84 Å². The van der Waals surface area contributed by atoms with E-state index in [1.165, 1.54) is 6.20 Å². The molecule has 5 heteroatoms. The van der Waals surface area contributed by atoms with Gasteiger partial charge in [0, 0.05) is 17.8 Å². The summed E-state index contributed by atoms with van der Waals surface area (Å²) in [6.45, 7) is 4.92. The fraction of sp³-hybridized carbons (Fsp3) is 0.455. The molecular weight excluding hydrogens is 206 g/mol. The molecule has 5 nitrogen and oxygen atoms in total. The Morgan fingerprint density at radius 1 is 1.56 bits per heavy atom. The third-order valence-electron chi connectivity index (χ3n) is 2.08. The summed E-state index contributed by atoms with van der Waals surface area (Å²) < 4.78 is 5.43. The summed E-state index contributed by atoms with van der Waals surface area (Å²) in [6, 6.07) is 3.40. The van der Waals surface area contributed by atoms with E-state index in [9.17, 15) is 0 Å². The smallest absolute Gasteiger partial charge is 0.213 e. The van der Waals surface area contributed by atoms with Gasteiger partial charge in [-0.3, -0.25) is 0 Å². The molecule has 0 atom stereocenters. The molecular formula is C11H17N3O2. The lowest BCUT2D eigenvalue weighted by Crippen LogP contribution is -2.13. The van der Waals surface area contributed by atoms with Gasteiger partial charge in [0.1, 0.15) is 0 Å². The Kier molecular flexibility index (Phi) is 4.57. The quantitative estimate of drug-likeness (QED) is 0.344. The van der Waals surface area contributed by atoms with Gasteiger partial charge in [0.2, 0.25) is 5.88 Å². The van der Waals surface area contributed by atoms with E-state index in [4.69, 9.17) is 15.7 Å². The van der Waals surface area contributed by atoms with Crippen LogP contribution in [0.1, 0.15) is 25.8 Å². The minimum Gasteiger partial charge on any atom is -0.478 e. The van der Waals surface area contributed by atoms with Gasteiger partial charge in [-0.05, 0) is 18.4 Å². The predicted octanol–water partition coefficient (Wildman–Crippen LogP) is 1.60. The molecule has 0 spiro atoms. The first-order chi connectivity index (χ1) is 7.63. The molecule has 1 aromatic heterocycles. The summed E-state index contributed by atoms with van der Waals surface area (Å²) >= 11 is 0. The molecule has 1 rings (SSSR count). The molecule has 3 N–H and O–H groups in total. The maximum Gasteiger partial charge on any atom is 0.213 e. The highest BCUT2D eigenvalue weighted by atomic mass is 16.5. The van der Waals surface area contributed by atoms with Gasteiger partial charge in [-0.25, -0.2) is 4.98 Å². The third-order valence-corrected chi connectivity index (χ3v) is 2.08. The van der Waals surface area contributed by atoms with Crippen molar-refractivity contribution in [2.45, 2.75) is 20.3 Å². The lowest BCUT2D eigenvalue weighted by Gasteiger charge is -2.07. The second kappa shape index (κ2) is 5.95. The zero-order valence-electron chi connectivity index (χ0n) is 9.55. The van der Waals surface area contributed by atoms with Crippen molar-refractivity contribution in [2.24, 2.45) is 16.8 Å². The van der Waals surface area contributed by atoms with Crippen molar-refractivity contribution in [3.63, 3.8) is 0 Å². The number of rotatable bonds is 5. The first kappa shape index (κ1) is 12.3. The van der Waals surface area contributed by atoms with E-state index in [1.54, 1.807) is 12.1 Å². The molecule has 0 amide bonds. The van der Waals surface area contributed by atoms with Crippen LogP contribution in [0, 0.1) is 5.92 Å². The van der Waals surface area contributed by atoms with Crippen LogP contribution in [0.4, 0.5) is 0 Å². The molecule has 0 aliphatic heterocycles. The number of nitrogens with two attached hydrogens (primary N) is 1. The van der Waals surface area contributed by atoms with Gasteiger partial charge < -0.3 is 15.7 Å². The second-order valence-corrected chi connectivity index (χ2v) is 3.90. The van der Waals surface area contributed by atoms with Crippen molar-refractivity contribution in [3.8, 4) is 5.88 Å². The average Bonchev–Trinajstić information content (AvgIpc) is 2.28. The SMILES string of the molecule is CC(C)CCOc1ccc(/C(N)=N/O)cn1. The minimum atomic E-state index is 0.0428. The monoisotopic (exact) mass is 223 g/mol. The Morgan fingerprint density at radius 3 is 2.81 bits per heavy atom. The van der Waals surface area contributed by atoms with Gasteiger partial charge in [0.25, 0.3) is 0 Å². The molecule has 0 aromatic carbocycles. The van der Waals surface area contributed by atoms with Crippen LogP contribution < -0.4 is 10.5 Å². The Balaban J connectivity index is 2.52. The molecule has 0 unspecified atom stereocenters. The average molecular weight is 223 g/mol. The van der Waals surface area contributed by atoms with Crippen molar-refractivity contribution >= 4 is 5.84 Å². The van der Waals surface area contributed by atoms with Crippen LogP contribution in [0.3, 0.4) is 0 Å². The standard InChI is InChI=1S/C11H17N3O2/c1-8(2)5-6-16-10-4-3-9(7-13-10)11(12)14-15/h3-4,7-8,15H,5-6H2,1-2H3,(H2,12,14). The Hall–Kier alpha value is -1.78. The normalized spacial score (nSPS) is 11.8. The Bertz CT molecular complexity index is 347. The summed E-state index contributed by atoms with van der Waals surface area (Å²) in [5.41, 5.74) is 5.97. The van der Waals surface area contributed by atoms with Crippen LogP contribution in [0.25, 0.3) is 0 Å². The molecule has 0 saturated carbocycles. The topological polar surface area (TPSA) is 80.7 Å². The zero-order chi connectivity index (χ0) is 12.0. The maximum absolute atomic E-state index is 8.46. The maximum atomic E-state index is 8.46. The van der Waals surface area contributed by atoms with Gasteiger partial charge in [-0.15, -0.1) is 0 Å². The third kappa shape index (κ3) is 3.76. The van der Waals surface area contributed by atoms with Gasteiger partial charge in [0.05, 0.1) is 6.61 Å². The molecule has 1 aromatic rings. The molecule has 0 bridgehead atoms. The van der Waals surface area contributed by atoms with E-state index >= 15 is 0 Å². The minimum absolute atomic E-state index is 0.0428. The Morgan fingerprint density at radius 2 is 2.31 bits per heavy atom. The molecule has 0 saturated heterocycles. The number of aromatic nitrogens is 1. The van der Waals surface area contributed by atoms with E-state index in [-0.39, 0.29) is 5.84 Å². The number of oxime groups is 1. The summed E-state index contributed by atoms with van der Waals surface area (Å²) in [6.07, 6.45) is 2.50. The first-order valence-corrected chi connectivity index (χ1v) is 5.20. The van der Waals surface area contributed by atoms with E-state index < -0.39 is 0 Å². The fourth-order valence-electron chi connectivity index (χ4n) is 1.07. The van der Waals surface area contributed by atoms with Crippen LogP contribution in [0.2, 0.25) is 0 Å². The molecule has 0 aliphatic carbocycles. The molecule has 16 heavy (non-hydrogen) atoms. The van der Waals surface area contributed by atoms with Gasteiger partial charge >= 0.3 is 0 Å². The molecule has 1 heterocycles. The number of hydrogen-bond acceptors (Lipinski definition) is 4. The number of nitrogens with zero attached hydrogens (tertiary/aromatic N) is 2. The summed E-state index contributed by atoms with van der Waals surface area (Å²) in [5.74, 6) is 1.20. The number of amidine groups is 1. The predicted molar refractivity (Wildman–Crippen MR) is 61.7 cm³/mol. The highest BCUT2D eigenvalue weighted by molar-refractivity contribution is 5.96. The van der Waals surface area contributed by atoms with E-state index in [2.05, 4.69) is 24.0 Å². The van der Waals surface area contributed by atoms with Crippen molar-refractivity contribution in [1.29, 1.82) is 0 Å².